The summed E-state index contributed by atoms with van der Waals surface area (Å²) in [6.07, 6.45) is 0.290. The lowest BCUT2D eigenvalue weighted by Gasteiger charge is -2.24. The summed E-state index contributed by atoms with van der Waals surface area (Å²) >= 11 is 7.65. The summed E-state index contributed by atoms with van der Waals surface area (Å²) in [5.74, 6) is 0.460. The lowest BCUT2D eigenvalue weighted by molar-refractivity contribution is 0.0641. The SMILES string of the molecule is CCOC(C)c1ccc2c(c1C(=O)O)Cc1ccccc1O2.NC(=S)S. The first-order valence-corrected chi connectivity index (χ1v) is 8.95. The summed E-state index contributed by atoms with van der Waals surface area (Å²) in [5.41, 5.74) is 7.41. The molecule has 0 fully saturated rings. The Morgan fingerprint density at radius 1 is 1.35 bits per heavy atom. The fraction of sp³-hybridized carbons (Fsp3) is 0.263. The Hall–Kier alpha value is -2.09. The van der Waals surface area contributed by atoms with E-state index in [0.29, 0.717) is 29.9 Å². The molecule has 3 rings (SSSR count). The maximum absolute atomic E-state index is 11.8. The van der Waals surface area contributed by atoms with Crippen LogP contribution in [0.15, 0.2) is 36.4 Å². The van der Waals surface area contributed by atoms with Gasteiger partial charge in [0.2, 0.25) is 0 Å². The zero-order valence-corrected chi connectivity index (χ0v) is 16.3. The van der Waals surface area contributed by atoms with Gasteiger partial charge in [0.1, 0.15) is 15.8 Å². The highest BCUT2D eigenvalue weighted by Gasteiger charge is 2.27. The molecule has 7 heteroatoms. The molecule has 2 aromatic carbocycles. The number of hydrogen-bond acceptors (Lipinski definition) is 4. The van der Waals surface area contributed by atoms with E-state index in [1.54, 1.807) is 6.07 Å². The van der Waals surface area contributed by atoms with Gasteiger partial charge in [-0.1, -0.05) is 36.5 Å². The van der Waals surface area contributed by atoms with Crippen LogP contribution in [0.25, 0.3) is 0 Å². The Kier molecular flexibility index (Phi) is 7.02. The number of thiol groups is 1. The van der Waals surface area contributed by atoms with Gasteiger partial charge in [-0.3, -0.25) is 0 Å². The standard InChI is InChI=1S/C18H18O4.CH3NS2/c1-3-21-11(2)13-8-9-16-14(17(13)18(19)20)10-12-6-4-5-7-15(12)22-16;2-1(3)4/h4-9,11H,3,10H2,1-2H3,(H,19,20);(H3,2,3,4). The number of hydrogen-bond donors (Lipinski definition) is 3. The summed E-state index contributed by atoms with van der Waals surface area (Å²) in [6, 6.07) is 11.3. The molecule has 0 amide bonds. The lowest BCUT2D eigenvalue weighted by Crippen LogP contribution is -2.15. The smallest absolute Gasteiger partial charge is 0.336 e. The monoisotopic (exact) mass is 391 g/mol. The predicted octanol–water partition coefficient (Wildman–Crippen LogP) is 4.34. The number of benzene rings is 2. The zero-order valence-electron chi connectivity index (χ0n) is 14.6. The molecule has 0 spiro atoms. The van der Waals surface area contributed by atoms with E-state index in [1.807, 2.05) is 44.2 Å². The molecule has 26 heavy (non-hydrogen) atoms. The third-order valence-corrected chi connectivity index (χ3v) is 3.93. The topological polar surface area (TPSA) is 81.8 Å². The molecule has 138 valence electrons. The van der Waals surface area contributed by atoms with E-state index in [1.165, 1.54) is 0 Å². The quantitative estimate of drug-likeness (QED) is 0.453. The van der Waals surface area contributed by atoms with Gasteiger partial charge in [0.05, 0.1) is 11.7 Å². The maximum atomic E-state index is 11.8. The second-order valence-electron chi connectivity index (χ2n) is 5.63. The Bertz CT molecular complexity index is 819. The highest BCUT2D eigenvalue weighted by atomic mass is 32.1. The molecule has 0 bridgehead atoms. The number of carbonyl (C=O) groups is 1. The van der Waals surface area contributed by atoms with E-state index in [0.717, 1.165) is 16.9 Å². The number of carboxylic acids is 1. The average Bonchev–Trinajstić information content (AvgIpc) is 2.58. The summed E-state index contributed by atoms with van der Waals surface area (Å²) in [5, 5.41) is 9.68. The molecule has 1 atom stereocenters. The van der Waals surface area contributed by atoms with Gasteiger partial charge in [0.15, 0.2) is 0 Å². The largest absolute Gasteiger partial charge is 0.478 e. The van der Waals surface area contributed by atoms with Gasteiger partial charge >= 0.3 is 5.97 Å². The van der Waals surface area contributed by atoms with E-state index in [4.69, 9.17) is 15.2 Å². The third-order valence-electron chi connectivity index (χ3n) is 3.93. The molecule has 1 aliphatic heterocycles. The van der Waals surface area contributed by atoms with Gasteiger partial charge in [-0.15, -0.1) is 12.6 Å². The molecule has 0 saturated carbocycles. The van der Waals surface area contributed by atoms with Crippen molar-refractivity contribution in [2.75, 3.05) is 6.61 Å². The van der Waals surface area contributed by atoms with E-state index >= 15 is 0 Å². The first-order chi connectivity index (χ1) is 12.3. The van der Waals surface area contributed by atoms with Crippen LogP contribution in [0.1, 0.15) is 47.0 Å². The third kappa shape index (κ3) is 4.75. The van der Waals surface area contributed by atoms with Crippen LogP contribution in [0.3, 0.4) is 0 Å². The van der Waals surface area contributed by atoms with Crippen LogP contribution in [-0.2, 0) is 11.2 Å². The Balaban J connectivity index is 0.000000552. The number of fused-ring (bicyclic) bond motifs is 2. The average molecular weight is 392 g/mol. The van der Waals surface area contributed by atoms with Gasteiger partial charge in [0.25, 0.3) is 0 Å². The minimum Gasteiger partial charge on any atom is -0.478 e. The van der Waals surface area contributed by atoms with Crippen LogP contribution >= 0.6 is 24.8 Å². The van der Waals surface area contributed by atoms with Crippen molar-refractivity contribution in [3.63, 3.8) is 0 Å². The highest BCUT2D eigenvalue weighted by Crippen LogP contribution is 2.40. The number of nitrogens with two attached hydrogens (primary N) is 1. The van der Waals surface area contributed by atoms with E-state index in [2.05, 4.69) is 24.8 Å². The highest BCUT2D eigenvalue weighted by molar-refractivity contribution is 8.10. The second-order valence-corrected chi connectivity index (χ2v) is 6.86. The molecule has 3 N–H and O–H groups in total. The normalized spacial score (nSPS) is 12.6. The van der Waals surface area contributed by atoms with Crippen molar-refractivity contribution in [3.05, 3.63) is 58.7 Å². The molecule has 1 heterocycles. The van der Waals surface area contributed by atoms with Gasteiger partial charge < -0.3 is 20.3 Å². The summed E-state index contributed by atoms with van der Waals surface area (Å²) in [6.45, 7) is 4.31. The molecule has 1 aliphatic rings. The number of rotatable bonds is 4. The van der Waals surface area contributed by atoms with Crippen LogP contribution in [-0.4, -0.2) is 22.0 Å². The maximum Gasteiger partial charge on any atom is 0.336 e. The molecule has 0 aliphatic carbocycles. The molecule has 0 saturated heterocycles. The van der Waals surface area contributed by atoms with Crippen LogP contribution in [0.2, 0.25) is 0 Å². The minimum atomic E-state index is -0.943. The number of carboxylic acid groups (broad SMARTS) is 1. The molecular formula is C19H21NO4S2. The lowest BCUT2D eigenvalue weighted by atomic mass is 9.91. The molecule has 0 radical (unpaired) electrons. The van der Waals surface area contributed by atoms with Crippen molar-refractivity contribution in [2.24, 2.45) is 5.73 Å². The number of aromatic carboxylic acids is 1. The van der Waals surface area contributed by atoms with E-state index in [9.17, 15) is 9.90 Å². The van der Waals surface area contributed by atoms with Crippen molar-refractivity contribution in [1.82, 2.24) is 0 Å². The molecular weight excluding hydrogens is 370 g/mol. The van der Waals surface area contributed by atoms with Crippen molar-refractivity contribution in [2.45, 2.75) is 26.4 Å². The zero-order chi connectivity index (χ0) is 19.3. The van der Waals surface area contributed by atoms with Gasteiger partial charge in [-0.2, -0.15) is 0 Å². The van der Waals surface area contributed by atoms with Crippen LogP contribution in [0.4, 0.5) is 0 Å². The Labute approximate surface area is 163 Å². The summed E-state index contributed by atoms with van der Waals surface area (Å²) in [7, 11) is 0. The van der Waals surface area contributed by atoms with E-state index < -0.39 is 5.97 Å². The van der Waals surface area contributed by atoms with Crippen molar-refractivity contribution >= 4 is 35.1 Å². The van der Waals surface area contributed by atoms with Gasteiger partial charge in [-0.05, 0) is 37.1 Å². The molecule has 0 aromatic heterocycles. The molecule has 2 aromatic rings. The number of thiocarbonyl (C=S) groups is 1. The van der Waals surface area contributed by atoms with E-state index in [-0.39, 0.29) is 10.4 Å². The van der Waals surface area contributed by atoms with Crippen molar-refractivity contribution in [1.29, 1.82) is 0 Å². The fourth-order valence-electron chi connectivity index (χ4n) is 2.91. The molecule has 1 unspecified atom stereocenters. The second kappa shape index (κ2) is 9.02. The Morgan fingerprint density at radius 2 is 2.00 bits per heavy atom. The Morgan fingerprint density at radius 3 is 2.62 bits per heavy atom. The first kappa shape index (κ1) is 20.2. The number of para-hydroxylation sites is 1. The van der Waals surface area contributed by atoms with Crippen LogP contribution < -0.4 is 10.5 Å². The van der Waals surface area contributed by atoms with Crippen molar-refractivity contribution in [3.8, 4) is 11.5 Å². The van der Waals surface area contributed by atoms with Crippen molar-refractivity contribution < 1.29 is 19.4 Å². The van der Waals surface area contributed by atoms with Crippen LogP contribution in [0, 0.1) is 0 Å². The molecule has 5 nitrogen and oxygen atoms in total. The van der Waals surface area contributed by atoms with Gasteiger partial charge in [-0.25, -0.2) is 4.79 Å². The predicted molar refractivity (Wildman–Crippen MR) is 109 cm³/mol. The van der Waals surface area contributed by atoms with Crippen LogP contribution in [0.5, 0.6) is 11.5 Å². The number of ether oxygens (including phenoxy) is 2. The van der Waals surface area contributed by atoms with Gasteiger partial charge in [0, 0.05) is 18.6 Å². The minimum absolute atomic E-state index is 0.194. The summed E-state index contributed by atoms with van der Waals surface area (Å²) < 4.78 is 11.6. The first-order valence-electron chi connectivity index (χ1n) is 8.10. The summed E-state index contributed by atoms with van der Waals surface area (Å²) in [4.78, 5) is 11.8. The fourth-order valence-corrected chi connectivity index (χ4v) is 2.91.